The summed E-state index contributed by atoms with van der Waals surface area (Å²) < 4.78 is 7.86. The molecule has 1 aromatic carbocycles. The van der Waals surface area contributed by atoms with Crippen LogP contribution in [0.15, 0.2) is 49.1 Å². The quantitative estimate of drug-likeness (QED) is 0.190. The summed E-state index contributed by atoms with van der Waals surface area (Å²) >= 11 is 0. The van der Waals surface area contributed by atoms with Crippen molar-refractivity contribution in [2.24, 2.45) is 7.05 Å². The van der Waals surface area contributed by atoms with Crippen LogP contribution in [-0.2, 0) is 11.8 Å². The van der Waals surface area contributed by atoms with Crippen molar-refractivity contribution in [2.45, 2.75) is 33.3 Å². The van der Waals surface area contributed by atoms with Gasteiger partial charge in [0, 0.05) is 67.9 Å². The number of rotatable bonds is 10. The number of aryl methyl sites for hydroxylation is 3. The number of nitrogens with one attached hydrogen (secondary N) is 4. The molecule has 1 aliphatic rings. The summed E-state index contributed by atoms with van der Waals surface area (Å²) in [4.78, 5) is 36.2. The van der Waals surface area contributed by atoms with E-state index in [4.69, 9.17) is 9.72 Å². The predicted octanol–water partition coefficient (Wildman–Crippen LogP) is 4.03. The molecule has 6 rings (SSSR count). The number of hydrogen-bond acceptors (Lipinski definition) is 10. The zero-order chi connectivity index (χ0) is 29.9. The van der Waals surface area contributed by atoms with Crippen LogP contribution in [0.4, 0.5) is 23.3 Å². The van der Waals surface area contributed by atoms with E-state index < -0.39 is 0 Å². The summed E-state index contributed by atoms with van der Waals surface area (Å²) in [5.41, 5.74) is 5.23. The van der Waals surface area contributed by atoms with E-state index in [1.54, 1.807) is 16.9 Å². The molecule has 1 saturated heterocycles. The van der Waals surface area contributed by atoms with Gasteiger partial charge in [-0.1, -0.05) is 12.1 Å². The fraction of sp³-hybridized carbons (Fsp3) is 0.333. The molecule has 0 aliphatic carbocycles. The zero-order valence-corrected chi connectivity index (χ0v) is 24.7. The molecule has 0 spiro atoms. The summed E-state index contributed by atoms with van der Waals surface area (Å²) in [7, 11) is 1.89. The van der Waals surface area contributed by atoms with E-state index in [1.807, 2.05) is 58.3 Å². The monoisotopic (exact) mass is 581 g/mol. The van der Waals surface area contributed by atoms with Crippen molar-refractivity contribution in [1.29, 1.82) is 0 Å². The van der Waals surface area contributed by atoms with E-state index in [9.17, 15) is 4.79 Å². The van der Waals surface area contributed by atoms with Gasteiger partial charge >= 0.3 is 0 Å². The van der Waals surface area contributed by atoms with Crippen molar-refractivity contribution in [2.75, 3.05) is 42.1 Å². The van der Waals surface area contributed by atoms with E-state index >= 15 is 0 Å². The Kier molecular flexibility index (Phi) is 7.88. The molecule has 13 nitrogen and oxygen atoms in total. The third-order valence-electron chi connectivity index (χ3n) is 7.45. The largest absolute Gasteiger partial charge is 0.473 e. The van der Waals surface area contributed by atoms with Gasteiger partial charge in [-0.2, -0.15) is 5.10 Å². The summed E-state index contributed by atoms with van der Waals surface area (Å²) in [6.45, 7) is 8.42. The lowest BCUT2D eigenvalue weighted by molar-refractivity contribution is -0.117. The summed E-state index contributed by atoms with van der Waals surface area (Å²) in [5, 5.41) is 14.8. The number of anilines is 4. The number of hydrogen-bond donors (Lipinski definition) is 4. The molecule has 4 N–H and O–H groups in total. The molecule has 222 valence electrons. The molecule has 1 amide bonds. The Morgan fingerprint density at radius 2 is 2.05 bits per heavy atom. The third-order valence-corrected chi connectivity index (χ3v) is 7.45. The number of fused-ring (bicyclic) bond motifs is 1. The Morgan fingerprint density at radius 3 is 2.86 bits per heavy atom. The number of aromatic amines is 1. The van der Waals surface area contributed by atoms with Crippen LogP contribution >= 0.6 is 0 Å². The molecule has 1 atom stereocenters. The highest BCUT2D eigenvalue weighted by Gasteiger charge is 2.26. The van der Waals surface area contributed by atoms with Gasteiger partial charge in [-0.15, -0.1) is 0 Å². The van der Waals surface area contributed by atoms with Gasteiger partial charge in [0.05, 0.1) is 23.4 Å². The van der Waals surface area contributed by atoms with Crippen LogP contribution in [-0.4, -0.2) is 77.8 Å². The van der Waals surface area contributed by atoms with Crippen molar-refractivity contribution in [3.05, 3.63) is 60.3 Å². The number of carbonyl (C=O) groups is 1. The van der Waals surface area contributed by atoms with Crippen LogP contribution in [0.2, 0.25) is 0 Å². The van der Waals surface area contributed by atoms with Crippen molar-refractivity contribution < 1.29 is 9.53 Å². The Morgan fingerprint density at radius 1 is 1.16 bits per heavy atom. The highest BCUT2D eigenvalue weighted by Crippen LogP contribution is 2.33. The highest BCUT2D eigenvalue weighted by molar-refractivity contribution is 6.06. The molecule has 5 aromatic rings. The molecule has 1 unspecified atom stereocenters. The first-order chi connectivity index (χ1) is 20.9. The molecular weight excluding hydrogens is 546 g/mol. The van der Waals surface area contributed by atoms with Crippen LogP contribution in [0, 0.1) is 13.8 Å². The SMILES string of the molecule is CCNc1cc(OC2CCN(CC(=O)Nc3cccc4c(-c5nc(Nc6cc(C)n(C)n6)ncc5C)c[nH]c34)C2)ncn1. The normalized spacial score (nSPS) is 15.1. The minimum Gasteiger partial charge on any atom is -0.473 e. The van der Waals surface area contributed by atoms with Gasteiger partial charge in [0.25, 0.3) is 0 Å². The smallest absolute Gasteiger partial charge is 0.238 e. The van der Waals surface area contributed by atoms with Gasteiger partial charge in [-0.25, -0.2) is 19.9 Å². The van der Waals surface area contributed by atoms with Crippen molar-refractivity contribution in [1.82, 2.24) is 39.6 Å². The molecule has 4 aromatic heterocycles. The maximum atomic E-state index is 13.1. The molecule has 13 heteroatoms. The van der Waals surface area contributed by atoms with Crippen LogP contribution in [0.3, 0.4) is 0 Å². The first kappa shape index (κ1) is 28.1. The second-order valence-electron chi connectivity index (χ2n) is 10.7. The van der Waals surface area contributed by atoms with Gasteiger partial charge in [-0.3, -0.25) is 14.4 Å². The topological polar surface area (TPSA) is 151 Å². The Hall–Kier alpha value is -5.04. The highest BCUT2D eigenvalue weighted by atomic mass is 16.5. The number of aromatic nitrogens is 7. The van der Waals surface area contributed by atoms with Crippen molar-refractivity contribution >= 4 is 40.1 Å². The van der Waals surface area contributed by atoms with E-state index in [-0.39, 0.29) is 18.6 Å². The first-order valence-electron chi connectivity index (χ1n) is 14.3. The van der Waals surface area contributed by atoms with Crippen molar-refractivity contribution in [3.8, 4) is 17.1 Å². The second kappa shape index (κ2) is 12.1. The van der Waals surface area contributed by atoms with Crippen LogP contribution in [0.25, 0.3) is 22.2 Å². The van der Waals surface area contributed by atoms with E-state index in [0.29, 0.717) is 29.9 Å². The fourth-order valence-corrected chi connectivity index (χ4v) is 5.25. The number of ether oxygens (including phenoxy) is 1. The maximum absolute atomic E-state index is 13.1. The molecule has 0 saturated carbocycles. The molecular formula is C30H35N11O2. The minimum atomic E-state index is -0.0869. The van der Waals surface area contributed by atoms with Crippen LogP contribution in [0.5, 0.6) is 5.88 Å². The summed E-state index contributed by atoms with van der Waals surface area (Å²) in [5.74, 6) is 2.32. The van der Waals surface area contributed by atoms with E-state index in [2.05, 4.69) is 45.9 Å². The average molecular weight is 582 g/mol. The van der Waals surface area contributed by atoms with E-state index in [1.165, 1.54) is 6.33 Å². The number of nitrogens with zero attached hydrogens (tertiary/aromatic N) is 7. The number of para-hydroxylation sites is 1. The fourth-order valence-electron chi connectivity index (χ4n) is 5.25. The van der Waals surface area contributed by atoms with Gasteiger partial charge < -0.3 is 25.7 Å². The number of benzene rings is 1. The summed E-state index contributed by atoms with van der Waals surface area (Å²) in [6.07, 6.45) is 5.98. The van der Waals surface area contributed by atoms with Crippen molar-refractivity contribution in [3.63, 3.8) is 0 Å². The molecule has 1 aliphatic heterocycles. The maximum Gasteiger partial charge on any atom is 0.238 e. The molecule has 5 heterocycles. The third kappa shape index (κ3) is 6.26. The Labute approximate surface area is 249 Å². The molecule has 1 fully saturated rings. The lowest BCUT2D eigenvalue weighted by Gasteiger charge is -2.16. The number of H-pyrrole nitrogens is 1. The van der Waals surface area contributed by atoms with Gasteiger partial charge in [-0.05, 0) is 38.8 Å². The standard InChI is InChI=1S/C30H35N11O2/c1-5-31-24-12-27(35-17-34-24)43-20-9-10-41(15-20)16-26(42)36-23-8-6-7-21-22(14-32-29(21)23)28-18(2)13-33-30(38-28)37-25-11-19(3)40(4)39-25/h6-8,11-14,17,20,32H,5,9-10,15-16H2,1-4H3,(H,36,42)(H,31,34,35)(H,33,37,38,39). The van der Waals surface area contributed by atoms with Gasteiger partial charge in [0.2, 0.25) is 17.7 Å². The number of amides is 1. The molecule has 0 radical (unpaired) electrons. The van der Waals surface area contributed by atoms with Gasteiger partial charge in [0.1, 0.15) is 18.2 Å². The lowest BCUT2D eigenvalue weighted by Crippen LogP contribution is -2.33. The minimum absolute atomic E-state index is 0.0382. The Bertz CT molecular complexity index is 1740. The van der Waals surface area contributed by atoms with Gasteiger partial charge in [0.15, 0.2) is 5.82 Å². The van der Waals surface area contributed by atoms with Crippen LogP contribution in [0.1, 0.15) is 24.6 Å². The van der Waals surface area contributed by atoms with E-state index in [0.717, 1.165) is 58.7 Å². The number of carbonyl (C=O) groups excluding carboxylic acids is 1. The molecule has 0 bridgehead atoms. The average Bonchev–Trinajstić information content (AvgIpc) is 3.69. The predicted molar refractivity (Wildman–Crippen MR) is 166 cm³/mol. The Balaban J connectivity index is 1.12. The molecule has 43 heavy (non-hydrogen) atoms. The number of likely N-dealkylation sites (tertiary alicyclic amines) is 1. The lowest BCUT2D eigenvalue weighted by atomic mass is 10.1. The zero-order valence-electron chi connectivity index (χ0n) is 24.7. The second-order valence-corrected chi connectivity index (χ2v) is 10.7. The van der Waals surface area contributed by atoms with Crippen LogP contribution < -0.4 is 20.7 Å². The summed E-state index contributed by atoms with van der Waals surface area (Å²) in [6, 6.07) is 9.59. The first-order valence-corrected chi connectivity index (χ1v) is 14.3.